The summed E-state index contributed by atoms with van der Waals surface area (Å²) in [6, 6.07) is 8.11. The van der Waals surface area contributed by atoms with Crippen LogP contribution in [-0.2, 0) is 32.8 Å². The van der Waals surface area contributed by atoms with E-state index in [1.807, 2.05) is 47.6 Å². The summed E-state index contributed by atoms with van der Waals surface area (Å²) in [6.07, 6.45) is 1.20. The third kappa shape index (κ3) is 5.69. The smallest absolute Gasteiger partial charge is 0.327 e. The van der Waals surface area contributed by atoms with Crippen molar-refractivity contribution < 1.29 is 23.8 Å². The molecule has 1 aromatic heterocycles. The summed E-state index contributed by atoms with van der Waals surface area (Å²) in [5.41, 5.74) is 1.81. The van der Waals surface area contributed by atoms with E-state index in [0.717, 1.165) is 16.0 Å². The van der Waals surface area contributed by atoms with Gasteiger partial charge in [0.05, 0.1) is 12.3 Å². The number of benzene rings is 1. The van der Waals surface area contributed by atoms with Crippen molar-refractivity contribution in [3.63, 3.8) is 0 Å². The van der Waals surface area contributed by atoms with Gasteiger partial charge < -0.3 is 9.84 Å². The average Bonchev–Trinajstić information content (AvgIpc) is 2.74. The number of esters is 1. The largest absolute Gasteiger partial charge is 0.457 e. The van der Waals surface area contributed by atoms with Crippen molar-refractivity contribution in [1.29, 1.82) is 0 Å². The Morgan fingerprint density at radius 2 is 1.88 bits per heavy atom. The SMILES string of the molecule is Cc1cc(SC2C(=O)CC(CCc3ccc(F)cc3)(C(C)C)OC2=O)c(C(C)(C)C)c(CO)n1. The predicted octanol–water partition coefficient (Wildman–Crippen LogP) is 5.32. The summed E-state index contributed by atoms with van der Waals surface area (Å²) in [5.74, 6) is -1.05. The molecule has 2 unspecified atom stereocenters. The number of aliphatic hydroxyl groups is 1. The first kappa shape index (κ1) is 26.4. The third-order valence-electron chi connectivity index (χ3n) is 6.42. The molecular formula is C27H34FNO4S. The second kappa shape index (κ2) is 10.2. The standard InChI is InChI=1S/C27H34FNO4S/c1-16(2)27(12-11-18-7-9-19(28)10-8-18)14-21(31)24(25(32)33-27)34-22-13-17(3)29-20(15-30)23(22)26(4,5)6/h7-10,13,16,24,30H,11-12,14-15H2,1-6H3. The number of aliphatic hydroxyl groups excluding tert-OH is 1. The van der Waals surface area contributed by atoms with Crippen LogP contribution in [0.2, 0.25) is 0 Å². The number of carbonyl (C=O) groups is 2. The molecule has 34 heavy (non-hydrogen) atoms. The summed E-state index contributed by atoms with van der Waals surface area (Å²) in [4.78, 5) is 31.8. The van der Waals surface area contributed by atoms with Crippen molar-refractivity contribution in [2.75, 3.05) is 0 Å². The number of rotatable bonds is 7. The molecule has 2 atom stereocenters. The van der Waals surface area contributed by atoms with Crippen LogP contribution in [0.3, 0.4) is 0 Å². The summed E-state index contributed by atoms with van der Waals surface area (Å²) in [6.45, 7) is 11.6. The molecule has 1 N–H and O–H groups in total. The average molecular weight is 488 g/mol. The minimum atomic E-state index is -0.966. The fraction of sp³-hybridized carbons (Fsp3) is 0.519. The van der Waals surface area contributed by atoms with Gasteiger partial charge in [-0.2, -0.15) is 0 Å². The molecular weight excluding hydrogens is 453 g/mol. The number of aryl methyl sites for hydroxylation is 2. The number of halogens is 1. The van der Waals surface area contributed by atoms with Gasteiger partial charge in [-0.3, -0.25) is 14.6 Å². The van der Waals surface area contributed by atoms with Crippen LogP contribution in [0.5, 0.6) is 0 Å². The monoisotopic (exact) mass is 487 g/mol. The van der Waals surface area contributed by atoms with Crippen LogP contribution in [0.1, 0.15) is 70.0 Å². The molecule has 2 aromatic rings. The molecule has 1 saturated heterocycles. The molecule has 0 amide bonds. The lowest BCUT2D eigenvalue weighted by Gasteiger charge is -2.41. The Hall–Kier alpha value is -2.25. The predicted molar refractivity (Wildman–Crippen MR) is 131 cm³/mol. The summed E-state index contributed by atoms with van der Waals surface area (Å²) >= 11 is 1.19. The molecule has 2 heterocycles. The van der Waals surface area contributed by atoms with Gasteiger partial charge in [0.1, 0.15) is 11.4 Å². The Bertz CT molecular complexity index is 1040. The van der Waals surface area contributed by atoms with Gasteiger partial charge in [0.2, 0.25) is 0 Å². The number of cyclic esters (lactones) is 1. The molecule has 0 aliphatic carbocycles. The molecule has 184 valence electrons. The van der Waals surface area contributed by atoms with Gasteiger partial charge in [0.25, 0.3) is 0 Å². The van der Waals surface area contributed by atoms with Gasteiger partial charge in [-0.25, -0.2) is 4.39 Å². The zero-order chi connectivity index (χ0) is 25.3. The number of hydrogen-bond acceptors (Lipinski definition) is 6. The van der Waals surface area contributed by atoms with Gasteiger partial charge in [0, 0.05) is 17.0 Å². The summed E-state index contributed by atoms with van der Waals surface area (Å²) in [7, 11) is 0. The van der Waals surface area contributed by atoms with Crippen molar-refractivity contribution in [2.24, 2.45) is 5.92 Å². The van der Waals surface area contributed by atoms with E-state index in [9.17, 15) is 19.1 Å². The molecule has 3 rings (SSSR count). The van der Waals surface area contributed by atoms with Crippen LogP contribution in [0.4, 0.5) is 4.39 Å². The molecule has 0 bridgehead atoms. The fourth-order valence-corrected chi connectivity index (χ4v) is 5.92. The highest BCUT2D eigenvalue weighted by molar-refractivity contribution is 8.01. The van der Waals surface area contributed by atoms with E-state index in [1.54, 1.807) is 12.1 Å². The molecule has 1 aromatic carbocycles. The molecule has 1 aliphatic rings. The topological polar surface area (TPSA) is 76.5 Å². The molecule has 1 aliphatic heterocycles. The van der Waals surface area contributed by atoms with Crippen LogP contribution in [0.15, 0.2) is 35.2 Å². The fourth-order valence-electron chi connectivity index (χ4n) is 4.52. The number of Topliss-reactive ketones (excluding diaryl/α,β-unsaturated/α-hetero) is 1. The Labute approximate surface area is 205 Å². The van der Waals surface area contributed by atoms with E-state index in [0.29, 0.717) is 24.2 Å². The highest BCUT2D eigenvalue weighted by atomic mass is 32.2. The zero-order valence-electron chi connectivity index (χ0n) is 20.8. The lowest BCUT2D eigenvalue weighted by Crippen LogP contribution is -2.52. The number of pyridine rings is 1. The van der Waals surface area contributed by atoms with Crippen LogP contribution >= 0.6 is 11.8 Å². The van der Waals surface area contributed by atoms with E-state index in [2.05, 4.69) is 4.98 Å². The molecule has 0 spiro atoms. The molecule has 5 nitrogen and oxygen atoms in total. The Kier molecular flexibility index (Phi) is 7.88. The number of ether oxygens (including phenoxy) is 1. The molecule has 0 saturated carbocycles. The quantitative estimate of drug-likeness (QED) is 0.421. The number of carbonyl (C=O) groups excluding carboxylic acids is 2. The first-order valence-electron chi connectivity index (χ1n) is 11.6. The van der Waals surface area contributed by atoms with E-state index in [1.165, 1.54) is 23.9 Å². The zero-order valence-corrected chi connectivity index (χ0v) is 21.6. The molecule has 7 heteroatoms. The van der Waals surface area contributed by atoms with Crippen molar-refractivity contribution in [1.82, 2.24) is 4.98 Å². The minimum absolute atomic E-state index is 0.0545. The number of aromatic nitrogens is 1. The van der Waals surface area contributed by atoms with Crippen LogP contribution < -0.4 is 0 Å². The highest BCUT2D eigenvalue weighted by Crippen LogP contribution is 2.43. The first-order chi connectivity index (χ1) is 15.9. The van der Waals surface area contributed by atoms with Crippen LogP contribution in [0.25, 0.3) is 0 Å². The van der Waals surface area contributed by atoms with Crippen molar-refractivity contribution in [3.05, 3.63) is 58.7 Å². The second-order valence-electron chi connectivity index (χ2n) is 10.4. The van der Waals surface area contributed by atoms with Gasteiger partial charge >= 0.3 is 5.97 Å². The normalized spacial score (nSPS) is 21.1. The maximum Gasteiger partial charge on any atom is 0.327 e. The maximum absolute atomic E-state index is 13.3. The lowest BCUT2D eigenvalue weighted by molar-refractivity contribution is -0.176. The van der Waals surface area contributed by atoms with Gasteiger partial charge in [-0.15, -0.1) is 11.8 Å². The van der Waals surface area contributed by atoms with E-state index < -0.39 is 16.8 Å². The van der Waals surface area contributed by atoms with E-state index in [-0.39, 0.29) is 36.0 Å². The van der Waals surface area contributed by atoms with Gasteiger partial charge in [-0.1, -0.05) is 46.8 Å². The number of thioether (sulfide) groups is 1. The van der Waals surface area contributed by atoms with Gasteiger partial charge in [0.15, 0.2) is 11.0 Å². The number of nitrogens with zero attached hydrogens (tertiary/aromatic N) is 1. The molecule has 0 radical (unpaired) electrons. The van der Waals surface area contributed by atoms with Gasteiger partial charge in [-0.05, 0) is 60.4 Å². The Morgan fingerprint density at radius 3 is 2.41 bits per heavy atom. The number of hydrogen-bond donors (Lipinski definition) is 1. The van der Waals surface area contributed by atoms with E-state index >= 15 is 0 Å². The minimum Gasteiger partial charge on any atom is -0.457 e. The second-order valence-corrected chi connectivity index (χ2v) is 11.5. The van der Waals surface area contributed by atoms with E-state index in [4.69, 9.17) is 4.74 Å². The summed E-state index contributed by atoms with van der Waals surface area (Å²) in [5, 5.41) is 8.92. The van der Waals surface area contributed by atoms with Crippen LogP contribution in [-0.4, -0.2) is 32.7 Å². The first-order valence-corrected chi connectivity index (χ1v) is 12.5. The maximum atomic E-state index is 13.3. The Balaban J connectivity index is 1.85. The van der Waals surface area contributed by atoms with Crippen LogP contribution in [0, 0.1) is 18.7 Å². The third-order valence-corrected chi connectivity index (χ3v) is 7.68. The molecule has 1 fully saturated rings. The summed E-state index contributed by atoms with van der Waals surface area (Å²) < 4.78 is 19.3. The lowest BCUT2D eigenvalue weighted by atomic mass is 9.78. The van der Waals surface area contributed by atoms with Crippen molar-refractivity contribution in [2.45, 2.75) is 88.6 Å². The highest BCUT2D eigenvalue weighted by Gasteiger charge is 2.49. The van der Waals surface area contributed by atoms with Crippen molar-refractivity contribution in [3.8, 4) is 0 Å². The number of ketones is 1. The van der Waals surface area contributed by atoms with Crippen molar-refractivity contribution >= 4 is 23.5 Å². The Morgan fingerprint density at radius 1 is 1.24 bits per heavy atom.